The standard InChI is InChI=1S/C23H24ClN3O8.ClH/c1-27(2)16-10-6-9-5-8-3-4-11(26-12(28)7-24)17(29)13(8)18(30)14(9)20(32)23(10,35)21(33)15(19(16)31)22(25)34;/h3-4,9-10,16,29-30,33,35H,5-7H2,1-2H3,(H2,25,34)(H,26,28);1H/t9?,10?,16-,23?;/m0./s1. The Kier molecular flexibility index (Phi) is 7.17. The minimum atomic E-state index is -2.70. The number of phenolic OH excluding ortho intramolecular Hbond substituents is 1. The van der Waals surface area contributed by atoms with Crippen LogP contribution in [0.3, 0.4) is 0 Å². The number of hydrogen-bond donors (Lipinski definition) is 6. The number of hydrogen-bond acceptors (Lipinski definition) is 9. The summed E-state index contributed by atoms with van der Waals surface area (Å²) in [6.07, 6.45) is 0.156. The van der Waals surface area contributed by atoms with Crippen LogP contribution in [0.4, 0.5) is 5.69 Å². The molecule has 3 aliphatic rings. The molecule has 194 valence electrons. The van der Waals surface area contributed by atoms with Crippen LogP contribution in [0.1, 0.15) is 17.5 Å². The summed E-state index contributed by atoms with van der Waals surface area (Å²) in [6, 6.07) is 1.85. The van der Waals surface area contributed by atoms with E-state index in [0.717, 1.165) is 0 Å². The summed E-state index contributed by atoms with van der Waals surface area (Å²) in [6.45, 7) is 0. The first-order valence-electron chi connectivity index (χ1n) is 10.7. The number of amides is 2. The zero-order chi connectivity index (χ0) is 26.0. The highest BCUT2D eigenvalue weighted by molar-refractivity contribution is 6.29. The van der Waals surface area contributed by atoms with Gasteiger partial charge in [0, 0.05) is 11.5 Å². The Morgan fingerprint density at radius 1 is 1.22 bits per heavy atom. The minimum Gasteiger partial charge on any atom is -0.508 e. The molecule has 2 amide bonds. The van der Waals surface area contributed by atoms with Crippen LogP contribution in [0.25, 0.3) is 5.76 Å². The van der Waals surface area contributed by atoms with Crippen LogP contribution in [0.15, 0.2) is 29.0 Å². The van der Waals surface area contributed by atoms with Crippen LogP contribution in [-0.2, 0) is 25.6 Å². The number of carbonyl (C=O) groups is 4. The Bertz CT molecular complexity index is 1260. The third kappa shape index (κ3) is 3.74. The first-order valence-corrected chi connectivity index (χ1v) is 11.2. The lowest BCUT2D eigenvalue weighted by molar-refractivity contribution is -0.153. The highest BCUT2D eigenvalue weighted by Gasteiger charge is 2.64. The molecule has 11 nitrogen and oxygen atoms in total. The molecule has 0 radical (unpaired) electrons. The number of nitrogens with one attached hydrogen (secondary N) is 1. The van der Waals surface area contributed by atoms with Gasteiger partial charge in [0.2, 0.25) is 11.7 Å². The highest BCUT2D eigenvalue weighted by Crippen LogP contribution is 2.53. The Balaban J connectivity index is 0.00000361. The van der Waals surface area contributed by atoms with Crippen molar-refractivity contribution in [2.45, 2.75) is 24.5 Å². The summed E-state index contributed by atoms with van der Waals surface area (Å²) in [5, 5.41) is 46.6. The lowest BCUT2D eigenvalue weighted by atomic mass is 9.57. The zero-order valence-electron chi connectivity index (χ0n) is 19.2. The van der Waals surface area contributed by atoms with E-state index in [1.807, 2.05) is 0 Å². The van der Waals surface area contributed by atoms with E-state index >= 15 is 0 Å². The number of likely N-dealkylation sites (N-methyl/N-ethyl adjacent to an activating group) is 1. The molecule has 4 atom stereocenters. The van der Waals surface area contributed by atoms with Crippen LogP contribution >= 0.6 is 24.0 Å². The number of fused-ring (bicyclic) bond motifs is 3. The number of alkyl halides is 1. The number of Topliss-reactive ketones (excluding diaryl/α,β-unsaturated/α-hetero) is 2. The first kappa shape index (κ1) is 27.5. The van der Waals surface area contributed by atoms with Gasteiger partial charge in [-0.05, 0) is 44.5 Å². The second-order valence-electron chi connectivity index (χ2n) is 9.14. The third-order valence-corrected chi connectivity index (χ3v) is 7.23. The Morgan fingerprint density at radius 3 is 2.42 bits per heavy atom. The highest BCUT2D eigenvalue weighted by atomic mass is 35.5. The van der Waals surface area contributed by atoms with Gasteiger partial charge >= 0.3 is 0 Å². The molecule has 3 aliphatic carbocycles. The second kappa shape index (κ2) is 9.40. The van der Waals surface area contributed by atoms with E-state index in [4.69, 9.17) is 17.3 Å². The van der Waals surface area contributed by atoms with Crippen molar-refractivity contribution in [3.05, 3.63) is 40.2 Å². The van der Waals surface area contributed by atoms with E-state index in [1.54, 1.807) is 6.07 Å². The predicted octanol–water partition coefficient (Wildman–Crippen LogP) is 0.563. The van der Waals surface area contributed by atoms with Crippen molar-refractivity contribution < 1.29 is 39.6 Å². The number of phenols is 1. The summed E-state index contributed by atoms with van der Waals surface area (Å²) in [5.74, 6) is -8.30. The average Bonchev–Trinajstić information content (AvgIpc) is 2.77. The van der Waals surface area contributed by atoms with Gasteiger partial charge in [-0.2, -0.15) is 0 Å². The van der Waals surface area contributed by atoms with Crippen molar-refractivity contribution in [1.29, 1.82) is 0 Å². The fourth-order valence-electron chi connectivity index (χ4n) is 5.50. The van der Waals surface area contributed by atoms with Crippen LogP contribution in [0.2, 0.25) is 0 Å². The fourth-order valence-corrected chi connectivity index (χ4v) is 5.57. The molecule has 1 aromatic carbocycles. The molecule has 13 heteroatoms. The van der Waals surface area contributed by atoms with Gasteiger partial charge in [0.25, 0.3) is 5.91 Å². The number of aliphatic hydroxyl groups is 3. The molecule has 1 fully saturated rings. The normalized spacial score (nSPS) is 27.2. The molecule has 4 rings (SSSR count). The van der Waals surface area contributed by atoms with Gasteiger partial charge < -0.3 is 31.5 Å². The molecule has 7 N–H and O–H groups in total. The van der Waals surface area contributed by atoms with Gasteiger partial charge in [0.1, 0.15) is 28.7 Å². The molecule has 36 heavy (non-hydrogen) atoms. The smallest absolute Gasteiger partial charge is 0.255 e. The van der Waals surface area contributed by atoms with Crippen LogP contribution < -0.4 is 11.1 Å². The SMILES string of the molecule is CN(C)[C@@H]1C(=O)C(C(N)=O)=C(O)C2(O)C(=O)C3=C(O)c4c(ccc(NC(=O)CCl)c4O)CC3CC12.Cl. The van der Waals surface area contributed by atoms with E-state index in [1.165, 1.54) is 25.1 Å². The number of nitrogens with zero attached hydrogens (tertiary/aromatic N) is 1. The molecular formula is C23H25Cl2N3O8. The summed E-state index contributed by atoms with van der Waals surface area (Å²) in [7, 11) is 3.06. The molecule has 3 unspecified atom stereocenters. The molecule has 0 aliphatic heterocycles. The molecular weight excluding hydrogens is 517 g/mol. The maximum Gasteiger partial charge on any atom is 0.255 e. The number of carbonyl (C=O) groups excluding carboxylic acids is 4. The van der Waals surface area contributed by atoms with Crippen molar-refractivity contribution in [2.24, 2.45) is 17.6 Å². The van der Waals surface area contributed by atoms with Crippen LogP contribution in [-0.4, -0.2) is 80.3 Å². The number of nitrogens with two attached hydrogens (primary N) is 1. The van der Waals surface area contributed by atoms with E-state index in [9.17, 15) is 39.6 Å². The van der Waals surface area contributed by atoms with E-state index in [0.29, 0.717) is 5.56 Å². The number of rotatable bonds is 4. The molecule has 0 saturated heterocycles. The second-order valence-corrected chi connectivity index (χ2v) is 9.41. The Hall–Kier alpha value is -3.12. The Labute approximate surface area is 216 Å². The van der Waals surface area contributed by atoms with Gasteiger partial charge in [0.05, 0.1) is 17.3 Å². The molecule has 0 bridgehead atoms. The zero-order valence-corrected chi connectivity index (χ0v) is 20.8. The fraction of sp³-hybridized carbons (Fsp3) is 0.391. The molecule has 0 heterocycles. The van der Waals surface area contributed by atoms with Gasteiger partial charge in [-0.3, -0.25) is 24.1 Å². The first-order chi connectivity index (χ1) is 16.4. The van der Waals surface area contributed by atoms with Gasteiger partial charge in [-0.15, -0.1) is 24.0 Å². The van der Waals surface area contributed by atoms with Gasteiger partial charge in [-0.25, -0.2) is 0 Å². The largest absolute Gasteiger partial charge is 0.508 e. The van der Waals surface area contributed by atoms with E-state index < -0.39 is 69.7 Å². The maximum absolute atomic E-state index is 13.7. The third-order valence-electron chi connectivity index (χ3n) is 6.99. The molecule has 0 aromatic heterocycles. The van der Waals surface area contributed by atoms with Crippen molar-refractivity contribution in [3.8, 4) is 5.75 Å². The maximum atomic E-state index is 13.7. The number of anilines is 1. The lowest BCUT2D eigenvalue weighted by Gasteiger charge is -2.50. The van der Waals surface area contributed by atoms with Crippen LogP contribution in [0, 0.1) is 11.8 Å². The summed E-state index contributed by atoms with van der Waals surface area (Å²) in [5.41, 5.74) is 1.75. The molecule has 1 aromatic rings. The topological polar surface area (TPSA) is 190 Å². The minimum absolute atomic E-state index is 0. The predicted molar refractivity (Wildman–Crippen MR) is 131 cm³/mol. The number of benzene rings is 1. The van der Waals surface area contributed by atoms with Crippen molar-refractivity contribution in [2.75, 3.05) is 25.3 Å². The number of primary amides is 1. The quantitative estimate of drug-likeness (QED) is 0.179. The van der Waals surface area contributed by atoms with Crippen LogP contribution in [0.5, 0.6) is 5.75 Å². The van der Waals surface area contributed by atoms with E-state index in [-0.39, 0.29) is 48.0 Å². The molecule has 0 spiro atoms. The van der Waals surface area contributed by atoms with Crippen molar-refractivity contribution in [3.63, 3.8) is 0 Å². The number of aliphatic hydroxyl groups excluding tert-OH is 2. The van der Waals surface area contributed by atoms with Crippen molar-refractivity contribution >= 4 is 58.8 Å². The van der Waals surface area contributed by atoms with Crippen molar-refractivity contribution in [1.82, 2.24) is 4.90 Å². The monoisotopic (exact) mass is 541 g/mol. The van der Waals surface area contributed by atoms with E-state index in [2.05, 4.69) is 5.32 Å². The number of halogens is 2. The molecule has 1 saturated carbocycles. The summed E-state index contributed by atoms with van der Waals surface area (Å²) < 4.78 is 0. The van der Waals surface area contributed by atoms with Gasteiger partial charge in [-0.1, -0.05) is 6.07 Å². The number of aromatic hydroxyl groups is 1. The summed E-state index contributed by atoms with van der Waals surface area (Å²) in [4.78, 5) is 51.8. The lowest BCUT2D eigenvalue weighted by Crippen LogP contribution is -2.65. The Morgan fingerprint density at radius 2 is 1.86 bits per heavy atom. The van der Waals surface area contributed by atoms with Gasteiger partial charge in [0.15, 0.2) is 11.4 Å². The summed E-state index contributed by atoms with van der Waals surface area (Å²) >= 11 is 5.50. The average molecular weight is 542 g/mol. The number of ketones is 2.